The molecule has 0 radical (unpaired) electrons. The van der Waals surface area contributed by atoms with Crippen LogP contribution >= 0.6 is 23.2 Å². The molecule has 2 atom stereocenters. The van der Waals surface area contributed by atoms with E-state index in [9.17, 15) is 5.11 Å². The van der Waals surface area contributed by atoms with Gasteiger partial charge in [0.2, 0.25) is 5.82 Å². The Balaban J connectivity index is 1.83. The summed E-state index contributed by atoms with van der Waals surface area (Å²) >= 11 is 12.4. The summed E-state index contributed by atoms with van der Waals surface area (Å²) in [6, 6.07) is 4.53. The molecule has 2 heterocycles. The highest BCUT2D eigenvalue weighted by atomic mass is 35.5. The minimum Gasteiger partial charge on any atom is -0.508 e. The zero-order chi connectivity index (χ0) is 17.3. The fraction of sp³-hybridized carbons (Fsp3) is 0.312. The van der Waals surface area contributed by atoms with Crippen LogP contribution in [0.5, 0.6) is 5.75 Å². The Morgan fingerprint density at radius 1 is 1.33 bits per heavy atom. The van der Waals surface area contributed by atoms with Crippen molar-refractivity contribution in [2.45, 2.75) is 31.6 Å². The second-order valence-corrected chi connectivity index (χ2v) is 6.42. The Morgan fingerprint density at radius 3 is 2.79 bits per heavy atom. The largest absolute Gasteiger partial charge is 0.508 e. The van der Waals surface area contributed by atoms with Crippen LogP contribution in [0.15, 0.2) is 33.8 Å². The lowest BCUT2D eigenvalue weighted by Crippen LogP contribution is -2.27. The van der Waals surface area contributed by atoms with Gasteiger partial charge >= 0.3 is 0 Å². The molecule has 0 saturated heterocycles. The minimum atomic E-state index is -0.440. The SMILES string of the molecule is CC(C)OC1N=CC(c2nc(-c3ccc(O)cc3Cl)no2)=CC1Cl. The molecular weight excluding hydrogens is 353 g/mol. The number of rotatable bonds is 4. The molecule has 1 aromatic carbocycles. The Morgan fingerprint density at radius 2 is 2.12 bits per heavy atom. The van der Waals surface area contributed by atoms with Gasteiger partial charge in [-0.05, 0) is 38.1 Å². The molecule has 0 fully saturated rings. The number of hydrogen-bond donors (Lipinski definition) is 1. The molecule has 0 aliphatic carbocycles. The minimum absolute atomic E-state index is 0.0231. The highest BCUT2D eigenvalue weighted by molar-refractivity contribution is 6.33. The third kappa shape index (κ3) is 3.61. The number of aliphatic imine (C=N–C) groups is 1. The van der Waals surface area contributed by atoms with Crippen molar-refractivity contribution >= 4 is 35.0 Å². The zero-order valence-corrected chi connectivity index (χ0v) is 14.5. The molecule has 24 heavy (non-hydrogen) atoms. The number of hydrogen-bond acceptors (Lipinski definition) is 6. The van der Waals surface area contributed by atoms with Crippen LogP contribution in [0.1, 0.15) is 19.7 Å². The number of halogens is 2. The summed E-state index contributed by atoms with van der Waals surface area (Å²) < 4.78 is 10.9. The van der Waals surface area contributed by atoms with Gasteiger partial charge in [0.05, 0.1) is 22.1 Å². The Bertz CT molecular complexity index is 802. The van der Waals surface area contributed by atoms with Gasteiger partial charge in [0, 0.05) is 11.8 Å². The van der Waals surface area contributed by atoms with Gasteiger partial charge < -0.3 is 14.4 Å². The molecule has 126 valence electrons. The van der Waals surface area contributed by atoms with Gasteiger partial charge in [0.15, 0.2) is 6.23 Å². The molecule has 0 spiro atoms. The van der Waals surface area contributed by atoms with E-state index in [1.54, 1.807) is 18.4 Å². The number of nitrogens with zero attached hydrogens (tertiary/aromatic N) is 3. The Kier molecular flexibility index (Phi) is 4.89. The first kappa shape index (κ1) is 17.0. The molecule has 3 rings (SSSR count). The van der Waals surface area contributed by atoms with Crippen LogP contribution in [0.25, 0.3) is 17.0 Å². The molecule has 2 aromatic rings. The number of allylic oxidation sites excluding steroid dienone is 1. The predicted molar refractivity (Wildman–Crippen MR) is 92.5 cm³/mol. The van der Waals surface area contributed by atoms with E-state index >= 15 is 0 Å². The first-order valence-corrected chi connectivity index (χ1v) is 8.13. The predicted octanol–water partition coefficient (Wildman–Crippen LogP) is 3.92. The maximum atomic E-state index is 9.41. The van der Waals surface area contributed by atoms with Crippen molar-refractivity contribution in [2.24, 2.45) is 4.99 Å². The Labute approximate surface area is 148 Å². The van der Waals surface area contributed by atoms with Crippen LogP contribution in [-0.4, -0.2) is 39.2 Å². The van der Waals surface area contributed by atoms with Crippen LogP contribution in [0.4, 0.5) is 0 Å². The quantitative estimate of drug-likeness (QED) is 0.828. The zero-order valence-electron chi connectivity index (χ0n) is 13.0. The van der Waals surface area contributed by atoms with E-state index in [2.05, 4.69) is 15.1 Å². The summed E-state index contributed by atoms with van der Waals surface area (Å²) in [6.45, 7) is 3.84. The second kappa shape index (κ2) is 6.93. The second-order valence-electron chi connectivity index (χ2n) is 5.51. The summed E-state index contributed by atoms with van der Waals surface area (Å²) in [6.07, 6.45) is 2.94. The lowest BCUT2D eigenvalue weighted by molar-refractivity contribution is 0.0171. The first-order chi connectivity index (χ1) is 11.4. The average Bonchev–Trinajstić information content (AvgIpc) is 2.98. The maximum Gasteiger partial charge on any atom is 0.259 e. The number of aromatic nitrogens is 2. The molecule has 1 aliphatic heterocycles. The van der Waals surface area contributed by atoms with Gasteiger partial charge in [-0.15, -0.1) is 11.6 Å². The molecular formula is C16H15Cl2N3O3. The molecule has 2 unspecified atom stereocenters. The smallest absolute Gasteiger partial charge is 0.259 e. The van der Waals surface area contributed by atoms with Gasteiger partial charge in [-0.25, -0.2) is 0 Å². The number of phenolic OH excluding ortho intramolecular Hbond substituents is 1. The molecule has 0 bridgehead atoms. The van der Waals surface area contributed by atoms with Gasteiger partial charge in [-0.1, -0.05) is 16.8 Å². The van der Waals surface area contributed by atoms with Crippen LogP contribution in [0.2, 0.25) is 5.02 Å². The fourth-order valence-corrected chi connectivity index (χ4v) is 2.70. The number of phenols is 1. The normalized spacial score (nSPS) is 20.5. The highest BCUT2D eigenvalue weighted by Crippen LogP contribution is 2.30. The maximum absolute atomic E-state index is 9.41. The summed E-state index contributed by atoms with van der Waals surface area (Å²) in [5.74, 6) is 0.665. The van der Waals surface area contributed by atoms with E-state index in [0.717, 1.165) is 0 Å². The molecule has 6 nitrogen and oxygen atoms in total. The van der Waals surface area contributed by atoms with E-state index in [-0.39, 0.29) is 17.7 Å². The third-order valence-electron chi connectivity index (χ3n) is 3.25. The van der Waals surface area contributed by atoms with Crippen molar-refractivity contribution in [3.63, 3.8) is 0 Å². The van der Waals surface area contributed by atoms with Gasteiger partial charge in [-0.2, -0.15) is 4.98 Å². The number of ether oxygens (including phenoxy) is 1. The topological polar surface area (TPSA) is 80.7 Å². The van der Waals surface area contributed by atoms with Crippen molar-refractivity contribution in [1.82, 2.24) is 10.1 Å². The lowest BCUT2D eigenvalue weighted by atomic mass is 10.1. The van der Waals surface area contributed by atoms with E-state index in [0.29, 0.717) is 22.0 Å². The monoisotopic (exact) mass is 367 g/mol. The van der Waals surface area contributed by atoms with Gasteiger partial charge in [-0.3, -0.25) is 4.99 Å². The van der Waals surface area contributed by atoms with E-state index in [1.807, 2.05) is 13.8 Å². The van der Waals surface area contributed by atoms with Crippen LogP contribution < -0.4 is 0 Å². The average molecular weight is 368 g/mol. The van der Waals surface area contributed by atoms with E-state index in [4.69, 9.17) is 32.5 Å². The number of alkyl halides is 1. The van der Waals surface area contributed by atoms with Crippen molar-refractivity contribution in [1.29, 1.82) is 0 Å². The van der Waals surface area contributed by atoms with Crippen LogP contribution in [-0.2, 0) is 4.74 Å². The van der Waals surface area contributed by atoms with Gasteiger partial charge in [0.25, 0.3) is 5.89 Å². The number of aromatic hydroxyl groups is 1. The third-order valence-corrected chi connectivity index (χ3v) is 3.90. The van der Waals surface area contributed by atoms with E-state index in [1.165, 1.54) is 12.1 Å². The molecule has 1 aromatic heterocycles. The number of dihydropyridines is 1. The molecule has 8 heteroatoms. The molecule has 0 saturated carbocycles. The number of benzene rings is 1. The van der Waals surface area contributed by atoms with Crippen LogP contribution in [0.3, 0.4) is 0 Å². The standard InChI is InChI=1S/C16H15Cl2N3O3/c1-8(2)23-16-13(18)5-9(7-19-16)15-20-14(21-24-15)11-4-3-10(22)6-12(11)17/h3-8,13,16,22H,1-2H3. The molecule has 1 N–H and O–H groups in total. The molecule has 0 amide bonds. The lowest BCUT2D eigenvalue weighted by Gasteiger charge is -2.22. The van der Waals surface area contributed by atoms with Crippen molar-refractivity contribution in [2.75, 3.05) is 0 Å². The van der Waals surface area contributed by atoms with Crippen molar-refractivity contribution < 1.29 is 14.4 Å². The van der Waals surface area contributed by atoms with Crippen molar-refractivity contribution in [3.8, 4) is 17.1 Å². The van der Waals surface area contributed by atoms with Gasteiger partial charge in [0.1, 0.15) is 5.75 Å². The van der Waals surface area contributed by atoms with Crippen LogP contribution in [0, 0.1) is 0 Å². The summed E-state index contributed by atoms with van der Waals surface area (Å²) in [4.78, 5) is 8.60. The fourth-order valence-electron chi connectivity index (χ4n) is 2.18. The Hall–Kier alpha value is -1.89. The summed E-state index contributed by atoms with van der Waals surface area (Å²) in [7, 11) is 0. The highest BCUT2D eigenvalue weighted by Gasteiger charge is 2.24. The van der Waals surface area contributed by atoms with Crippen molar-refractivity contribution in [3.05, 3.63) is 35.2 Å². The van der Waals surface area contributed by atoms with E-state index < -0.39 is 11.6 Å². The molecule has 1 aliphatic rings. The summed E-state index contributed by atoms with van der Waals surface area (Å²) in [5.41, 5.74) is 1.17. The first-order valence-electron chi connectivity index (χ1n) is 7.31. The summed E-state index contributed by atoms with van der Waals surface area (Å²) in [5, 5.41) is 13.2.